The first-order chi connectivity index (χ1) is 19.2. The van der Waals surface area contributed by atoms with E-state index in [4.69, 9.17) is 19.4 Å². The quantitative estimate of drug-likeness (QED) is 0.232. The van der Waals surface area contributed by atoms with Gasteiger partial charge in [-0.1, -0.05) is 72.8 Å². The van der Waals surface area contributed by atoms with Gasteiger partial charge >= 0.3 is 0 Å². The highest BCUT2D eigenvalue weighted by Gasteiger charge is 2.21. The molecule has 0 bridgehead atoms. The molecule has 186 valence electrons. The van der Waals surface area contributed by atoms with E-state index < -0.39 is 0 Å². The van der Waals surface area contributed by atoms with Crippen LogP contribution in [0.4, 0.5) is 0 Å². The maximum Gasteiger partial charge on any atom is 0.216 e. The second-order valence-electron chi connectivity index (χ2n) is 9.68. The molecule has 0 aliphatic rings. The average molecular weight is 506 g/mol. The van der Waals surface area contributed by atoms with Crippen molar-refractivity contribution in [3.8, 4) is 45.4 Å². The SMILES string of the molecule is Cc1ccc2c(oc3ccc(-c4nc(-c5ccccc5)nc(-c5ccccc5)n4)cc32)c1-c1cccc[n+]1C. The van der Waals surface area contributed by atoms with Crippen molar-refractivity contribution in [2.45, 2.75) is 6.92 Å². The summed E-state index contributed by atoms with van der Waals surface area (Å²) in [5, 5.41) is 2.10. The van der Waals surface area contributed by atoms with E-state index in [9.17, 15) is 0 Å². The summed E-state index contributed by atoms with van der Waals surface area (Å²) in [6, 6.07) is 36.8. The maximum atomic E-state index is 6.48. The number of rotatable bonds is 4. The Balaban J connectivity index is 1.44. The van der Waals surface area contributed by atoms with Crippen molar-refractivity contribution in [1.82, 2.24) is 15.0 Å². The summed E-state index contributed by atoms with van der Waals surface area (Å²) in [5.74, 6) is 1.91. The Morgan fingerprint density at radius 3 is 1.85 bits per heavy atom. The van der Waals surface area contributed by atoms with Crippen molar-refractivity contribution < 1.29 is 8.98 Å². The highest BCUT2D eigenvalue weighted by molar-refractivity contribution is 6.10. The van der Waals surface area contributed by atoms with E-state index >= 15 is 0 Å². The normalized spacial score (nSPS) is 11.3. The minimum Gasteiger partial charge on any atom is -0.455 e. The zero-order valence-corrected chi connectivity index (χ0v) is 21.7. The van der Waals surface area contributed by atoms with Crippen molar-refractivity contribution in [3.05, 3.63) is 121 Å². The van der Waals surface area contributed by atoms with Gasteiger partial charge in [-0.15, -0.1) is 0 Å². The summed E-state index contributed by atoms with van der Waals surface area (Å²) in [4.78, 5) is 14.6. The summed E-state index contributed by atoms with van der Waals surface area (Å²) in [6.07, 6.45) is 2.06. The number of pyridine rings is 1. The monoisotopic (exact) mass is 505 g/mol. The van der Waals surface area contributed by atoms with Crippen LogP contribution >= 0.6 is 0 Å². The molecule has 4 aromatic carbocycles. The zero-order valence-electron chi connectivity index (χ0n) is 21.7. The molecule has 39 heavy (non-hydrogen) atoms. The Morgan fingerprint density at radius 1 is 0.590 bits per heavy atom. The fourth-order valence-corrected chi connectivity index (χ4v) is 5.12. The summed E-state index contributed by atoms with van der Waals surface area (Å²) in [5.41, 5.74) is 7.90. The van der Waals surface area contributed by atoms with Crippen LogP contribution in [0, 0.1) is 6.92 Å². The number of nitrogens with zero attached hydrogens (tertiary/aromatic N) is 4. The molecular weight excluding hydrogens is 480 g/mol. The van der Waals surface area contributed by atoms with Crippen molar-refractivity contribution >= 4 is 21.9 Å². The van der Waals surface area contributed by atoms with E-state index in [0.717, 1.165) is 49.9 Å². The molecular formula is C34H25N4O+. The average Bonchev–Trinajstić information content (AvgIpc) is 3.36. The van der Waals surface area contributed by atoms with Gasteiger partial charge in [0.1, 0.15) is 18.2 Å². The summed E-state index contributed by atoms with van der Waals surface area (Å²) in [7, 11) is 2.06. The molecule has 3 heterocycles. The lowest BCUT2D eigenvalue weighted by atomic mass is 10.00. The van der Waals surface area contributed by atoms with E-state index in [1.807, 2.05) is 78.9 Å². The minimum absolute atomic E-state index is 0.626. The van der Waals surface area contributed by atoms with E-state index in [0.29, 0.717) is 17.5 Å². The molecule has 0 atom stereocenters. The number of hydrogen-bond donors (Lipinski definition) is 0. The molecule has 0 unspecified atom stereocenters. The fourth-order valence-electron chi connectivity index (χ4n) is 5.12. The standard InChI is InChI=1S/C34H25N4O/c1-22-16-18-26-27-21-25(17-19-29(27)39-31(26)30(22)28-15-9-10-20-38(28)2)34-36-32(23-11-5-3-6-12-23)35-33(37-34)24-13-7-4-8-14-24/h3-21H,1-2H3/q+1. The van der Waals surface area contributed by atoms with Crippen LogP contribution < -0.4 is 4.57 Å². The van der Waals surface area contributed by atoms with Gasteiger partial charge < -0.3 is 4.42 Å². The Labute approximate surface area is 226 Å². The third kappa shape index (κ3) is 4.05. The van der Waals surface area contributed by atoms with Gasteiger partial charge in [0.25, 0.3) is 0 Å². The zero-order chi connectivity index (χ0) is 26.3. The molecule has 5 heteroatoms. The highest BCUT2D eigenvalue weighted by atomic mass is 16.3. The van der Waals surface area contributed by atoms with Gasteiger partial charge in [-0.2, -0.15) is 0 Å². The first-order valence-electron chi connectivity index (χ1n) is 12.9. The Kier molecular flexibility index (Phi) is 5.48. The van der Waals surface area contributed by atoms with Crippen LogP contribution in [0.25, 0.3) is 67.4 Å². The second-order valence-corrected chi connectivity index (χ2v) is 9.68. The van der Waals surface area contributed by atoms with Crippen molar-refractivity contribution in [2.75, 3.05) is 0 Å². The smallest absolute Gasteiger partial charge is 0.216 e. The first-order valence-corrected chi connectivity index (χ1v) is 12.9. The van der Waals surface area contributed by atoms with Crippen molar-refractivity contribution in [3.63, 3.8) is 0 Å². The molecule has 0 radical (unpaired) electrons. The van der Waals surface area contributed by atoms with Crippen LogP contribution in [0.5, 0.6) is 0 Å². The van der Waals surface area contributed by atoms with Gasteiger partial charge in [0.05, 0.1) is 5.56 Å². The van der Waals surface area contributed by atoms with E-state index in [2.05, 4.69) is 55.1 Å². The lowest BCUT2D eigenvalue weighted by Crippen LogP contribution is -2.30. The van der Waals surface area contributed by atoms with Crippen molar-refractivity contribution in [1.29, 1.82) is 0 Å². The Morgan fingerprint density at radius 2 is 1.21 bits per heavy atom. The van der Waals surface area contributed by atoms with Crippen LogP contribution in [-0.4, -0.2) is 15.0 Å². The van der Waals surface area contributed by atoms with Crippen LogP contribution in [0.3, 0.4) is 0 Å². The maximum absolute atomic E-state index is 6.48. The van der Waals surface area contributed by atoms with E-state index in [1.165, 1.54) is 5.56 Å². The number of benzene rings is 4. The number of furan rings is 1. The van der Waals surface area contributed by atoms with Crippen LogP contribution in [0.15, 0.2) is 120 Å². The van der Waals surface area contributed by atoms with Crippen molar-refractivity contribution in [2.24, 2.45) is 7.05 Å². The molecule has 0 saturated heterocycles. The Bertz CT molecular complexity index is 1920. The van der Waals surface area contributed by atoms with Gasteiger partial charge in [-0.3, -0.25) is 0 Å². The number of aromatic nitrogens is 4. The topological polar surface area (TPSA) is 55.7 Å². The van der Waals surface area contributed by atoms with Crippen LogP contribution in [0.2, 0.25) is 0 Å². The molecule has 0 aliphatic heterocycles. The predicted octanol–water partition coefficient (Wildman–Crippen LogP) is 7.57. The van der Waals surface area contributed by atoms with E-state index in [-0.39, 0.29) is 0 Å². The summed E-state index contributed by atoms with van der Waals surface area (Å²) < 4.78 is 8.61. The lowest BCUT2D eigenvalue weighted by molar-refractivity contribution is -0.660. The number of hydrogen-bond acceptors (Lipinski definition) is 4. The molecule has 0 aliphatic carbocycles. The number of aryl methyl sites for hydroxylation is 2. The molecule has 0 N–H and O–H groups in total. The highest BCUT2D eigenvalue weighted by Crippen LogP contribution is 2.38. The van der Waals surface area contributed by atoms with Gasteiger partial charge in [0, 0.05) is 39.6 Å². The first kappa shape index (κ1) is 23.0. The van der Waals surface area contributed by atoms with Gasteiger partial charge in [-0.05, 0) is 36.8 Å². The largest absolute Gasteiger partial charge is 0.455 e. The molecule has 7 aromatic rings. The minimum atomic E-state index is 0.626. The molecule has 3 aromatic heterocycles. The second kappa shape index (κ2) is 9.30. The summed E-state index contributed by atoms with van der Waals surface area (Å²) in [6.45, 7) is 2.13. The number of fused-ring (bicyclic) bond motifs is 3. The van der Waals surface area contributed by atoms with E-state index in [1.54, 1.807) is 0 Å². The third-order valence-corrected chi connectivity index (χ3v) is 7.12. The lowest BCUT2D eigenvalue weighted by Gasteiger charge is -2.08. The molecule has 0 fully saturated rings. The van der Waals surface area contributed by atoms with Gasteiger partial charge in [0.15, 0.2) is 23.7 Å². The fraction of sp³-hybridized carbons (Fsp3) is 0.0588. The Hall–Kier alpha value is -5.16. The predicted molar refractivity (Wildman–Crippen MR) is 155 cm³/mol. The van der Waals surface area contributed by atoms with Gasteiger partial charge in [-0.25, -0.2) is 19.5 Å². The van der Waals surface area contributed by atoms with Gasteiger partial charge in [0.2, 0.25) is 5.69 Å². The molecule has 7 rings (SSSR count). The molecule has 5 nitrogen and oxygen atoms in total. The molecule has 0 amide bonds. The van der Waals surface area contributed by atoms with Crippen LogP contribution in [0.1, 0.15) is 5.56 Å². The molecule has 0 spiro atoms. The van der Waals surface area contributed by atoms with Crippen LogP contribution in [-0.2, 0) is 7.05 Å². The summed E-state index contributed by atoms with van der Waals surface area (Å²) >= 11 is 0. The third-order valence-electron chi connectivity index (χ3n) is 7.12. The molecule has 0 saturated carbocycles.